The second-order valence-corrected chi connectivity index (χ2v) is 9.60. The van der Waals surface area contributed by atoms with E-state index in [4.69, 9.17) is 17.2 Å². The topological polar surface area (TPSA) is 197 Å². The number of nitrogens with zero attached hydrogens (tertiary/aromatic N) is 3. The highest BCUT2D eigenvalue weighted by atomic mass is 32.2. The lowest BCUT2D eigenvalue weighted by atomic mass is 10.1. The molecule has 2 rings (SSSR count). The van der Waals surface area contributed by atoms with Gasteiger partial charge < -0.3 is 37.4 Å². The molecule has 0 aromatic carbocycles. The van der Waals surface area contributed by atoms with Crippen molar-refractivity contribution in [2.24, 2.45) is 22.2 Å². The van der Waals surface area contributed by atoms with Crippen molar-refractivity contribution < 1.29 is 24.3 Å². The molecule has 0 spiro atoms. The molecule has 0 bridgehead atoms. The quantitative estimate of drug-likeness (QED) is 0.123. The molecule has 2 saturated heterocycles. The Morgan fingerprint density at radius 1 is 1.09 bits per heavy atom. The van der Waals surface area contributed by atoms with Crippen LogP contribution in [-0.2, 0) is 19.2 Å². The van der Waals surface area contributed by atoms with E-state index in [-0.39, 0.29) is 30.7 Å². The lowest BCUT2D eigenvalue weighted by molar-refractivity contribution is -0.152. The van der Waals surface area contributed by atoms with Crippen molar-refractivity contribution in [3.05, 3.63) is 0 Å². The van der Waals surface area contributed by atoms with E-state index in [0.717, 1.165) is 0 Å². The summed E-state index contributed by atoms with van der Waals surface area (Å²) in [5, 5.41) is 12.2. The van der Waals surface area contributed by atoms with E-state index in [1.54, 1.807) is 11.8 Å². The lowest BCUT2D eigenvalue weighted by Crippen LogP contribution is -2.56. The molecule has 4 unspecified atom stereocenters. The maximum atomic E-state index is 13.5. The van der Waals surface area contributed by atoms with Crippen molar-refractivity contribution in [1.82, 2.24) is 15.1 Å². The number of hydrogen-bond donors (Lipinski definition) is 5. The van der Waals surface area contributed by atoms with Gasteiger partial charge in [-0.2, -0.15) is 11.8 Å². The molecular weight excluding hydrogens is 462 g/mol. The molecule has 0 saturated carbocycles. The number of nitrogens with two attached hydrogens (primary N) is 3. The zero-order valence-corrected chi connectivity index (χ0v) is 20.5. The molecule has 192 valence electrons. The molecule has 12 nitrogen and oxygen atoms in total. The van der Waals surface area contributed by atoms with Crippen LogP contribution in [0.4, 0.5) is 0 Å². The van der Waals surface area contributed by atoms with E-state index in [1.807, 2.05) is 6.26 Å². The third-order valence-corrected chi connectivity index (χ3v) is 6.82. The summed E-state index contributed by atoms with van der Waals surface area (Å²) in [7, 11) is 0. The van der Waals surface area contributed by atoms with Crippen LogP contribution >= 0.6 is 11.8 Å². The fraction of sp³-hybridized carbons (Fsp3) is 0.762. The van der Waals surface area contributed by atoms with Crippen LogP contribution in [0.2, 0.25) is 0 Å². The molecule has 2 aliphatic rings. The molecule has 0 radical (unpaired) electrons. The Hall–Kier alpha value is -2.54. The molecule has 34 heavy (non-hydrogen) atoms. The summed E-state index contributed by atoms with van der Waals surface area (Å²) in [6.07, 6.45) is 5.19. The molecule has 2 fully saturated rings. The maximum absolute atomic E-state index is 13.5. The van der Waals surface area contributed by atoms with Gasteiger partial charge in [-0.05, 0) is 57.0 Å². The van der Waals surface area contributed by atoms with E-state index in [0.29, 0.717) is 57.4 Å². The highest BCUT2D eigenvalue weighted by Gasteiger charge is 2.43. The van der Waals surface area contributed by atoms with Gasteiger partial charge in [-0.3, -0.25) is 19.4 Å². The van der Waals surface area contributed by atoms with Gasteiger partial charge in [0.1, 0.15) is 18.1 Å². The zero-order chi connectivity index (χ0) is 25.3. The number of rotatable bonds is 12. The number of carbonyl (C=O) groups is 4. The Kier molecular flexibility index (Phi) is 10.9. The van der Waals surface area contributed by atoms with Crippen molar-refractivity contribution in [3.63, 3.8) is 0 Å². The van der Waals surface area contributed by atoms with Gasteiger partial charge in [0, 0.05) is 19.6 Å². The second-order valence-electron chi connectivity index (χ2n) is 8.62. The first-order valence-corrected chi connectivity index (χ1v) is 13.0. The molecule has 0 aromatic heterocycles. The van der Waals surface area contributed by atoms with Gasteiger partial charge in [0.05, 0.1) is 6.04 Å². The number of aliphatic carboxylic acids is 1. The number of hydrogen-bond acceptors (Lipinski definition) is 7. The highest BCUT2D eigenvalue weighted by molar-refractivity contribution is 7.98. The van der Waals surface area contributed by atoms with Crippen molar-refractivity contribution >= 4 is 41.4 Å². The van der Waals surface area contributed by atoms with Gasteiger partial charge in [0.2, 0.25) is 17.7 Å². The number of carbonyl (C=O) groups excluding carboxylic acids is 3. The monoisotopic (exact) mass is 499 g/mol. The molecule has 0 aromatic rings. The predicted molar refractivity (Wildman–Crippen MR) is 130 cm³/mol. The molecule has 8 N–H and O–H groups in total. The Bertz CT molecular complexity index is 777. The summed E-state index contributed by atoms with van der Waals surface area (Å²) < 4.78 is 0. The van der Waals surface area contributed by atoms with E-state index < -0.39 is 36.0 Å². The molecule has 2 aliphatic heterocycles. The van der Waals surface area contributed by atoms with Crippen LogP contribution in [0.15, 0.2) is 4.99 Å². The average Bonchev–Trinajstić information content (AvgIpc) is 3.48. The van der Waals surface area contributed by atoms with Crippen LogP contribution in [0.3, 0.4) is 0 Å². The predicted octanol–water partition coefficient (Wildman–Crippen LogP) is -1.33. The third kappa shape index (κ3) is 7.49. The van der Waals surface area contributed by atoms with E-state index in [9.17, 15) is 24.3 Å². The van der Waals surface area contributed by atoms with E-state index >= 15 is 0 Å². The van der Waals surface area contributed by atoms with Gasteiger partial charge in [0.25, 0.3) is 0 Å². The number of guanidine groups is 1. The van der Waals surface area contributed by atoms with Gasteiger partial charge in [-0.1, -0.05) is 0 Å². The zero-order valence-electron chi connectivity index (χ0n) is 19.6. The SMILES string of the molecule is CSCCC(N)C(=O)NC(CCCN=C(N)N)C(=O)N1CCCC1C(=O)N1CCCC1C(=O)O. The Morgan fingerprint density at radius 2 is 1.74 bits per heavy atom. The first-order valence-electron chi connectivity index (χ1n) is 11.6. The second kappa shape index (κ2) is 13.4. The molecule has 0 aliphatic carbocycles. The van der Waals surface area contributed by atoms with Crippen LogP contribution in [0, 0.1) is 0 Å². The number of carboxylic acid groups (broad SMARTS) is 1. The molecular formula is C21H37N7O5S. The number of amides is 3. The minimum absolute atomic E-state index is 0.0604. The van der Waals surface area contributed by atoms with E-state index in [1.165, 1.54) is 9.80 Å². The smallest absolute Gasteiger partial charge is 0.326 e. The molecule has 2 heterocycles. The average molecular weight is 500 g/mol. The van der Waals surface area contributed by atoms with Crippen LogP contribution in [0.1, 0.15) is 44.9 Å². The Morgan fingerprint density at radius 3 is 2.35 bits per heavy atom. The minimum atomic E-state index is -1.04. The first kappa shape index (κ1) is 27.7. The van der Waals surface area contributed by atoms with Crippen LogP contribution < -0.4 is 22.5 Å². The maximum Gasteiger partial charge on any atom is 0.326 e. The summed E-state index contributed by atoms with van der Waals surface area (Å²) in [6, 6.07) is -3.24. The molecule has 13 heteroatoms. The minimum Gasteiger partial charge on any atom is -0.480 e. The fourth-order valence-corrected chi connectivity index (χ4v) is 4.87. The lowest BCUT2D eigenvalue weighted by Gasteiger charge is -2.32. The van der Waals surface area contributed by atoms with Crippen LogP contribution in [0.25, 0.3) is 0 Å². The van der Waals surface area contributed by atoms with Crippen molar-refractivity contribution in [2.75, 3.05) is 31.6 Å². The first-order chi connectivity index (χ1) is 16.2. The summed E-state index contributed by atoms with van der Waals surface area (Å²) in [5.41, 5.74) is 16.7. The largest absolute Gasteiger partial charge is 0.480 e. The number of likely N-dealkylation sites (tertiary alicyclic amines) is 2. The standard InChI is InChI=1S/C21H37N7O5S/c1-34-12-8-13(22)17(29)26-14(5-2-9-25-21(23)24)18(30)27-10-3-6-15(27)19(31)28-11-4-7-16(28)20(32)33/h13-16H,2-12,22H2,1H3,(H,26,29)(H,32,33)(H4,23,24,25). The number of aliphatic imine (C=N–C) groups is 1. The Labute approximate surface area is 204 Å². The van der Waals surface area contributed by atoms with Crippen LogP contribution in [0.5, 0.6) is 0 Å². The number of carboxylic acids is 1. The summed E-state index contributed by atoms with van der Waals surface area (Å²) in [6.45, 7) is 1.01. The van der Waals surface area contributed by atoms with Gasteiger partial charge in [-0.25, -0.2) is 4.79 Å². The molecule has 4 atom stereocenters. The summed E-state index contributed by atoms with van der Waals surface area (Å²) in [5.74, 6) is -1.54. The molecule has 3 amide bonds. The van der Waals surface area contributed by atoms with E-state index in [2.05, 4.69) is 10.3 Å². The fourth-order valence-electron chi connectivity index (χ4n) is 4.38. The summed E-state index contributed by atoms with van der Waals surface area (Å²) >= 11 is 1.57. The van der Waals surface area contributed by atoms with Crippen molar-refractivity contribution in [2.45, 2.75) is 69.1 Å². The van der Waals surface area contributed by atoms with Gasteiger partial charge >= 0.3 is 5.97 Å². The number of nitrogens with one attached hydrogen (secondary N) is 1. The summed E-state index contributed by atoms with van der Waals surface area (Å²) in [4.78, 5) is 57.6. The van der Waals surface area contributed by atoms with Gasteiger partial charge in [0.15, 0.2) is 5.96 Å². The van der Waals surface area contributed by atoms with Crippen molar-refractivity contribution in [1.29, 1.82) is 0 Å². The Balaban J connectivity index is 2.13. The van der Waals surface area contributed by atoms with Gasteiger partial charge in [-0.15, -0.1) is 0 Å². The highest BCUT2D eigenvalue weighted by Crippen LogP contribution is 2.26. The van der Waals surface area contributed by atoms with Crippen LogP contribution in [-0.4, -0.2) is 100 Å². The third-order valence-electron chi connectivity index (χ3n) is 6.17. The van der Waals surface area contributed by atoms with Crippen molar-refractivity contribution in [3.8, 4) is 0 Å². The normalized spacial score (nSPS) is 21.7. The number of thioether (sulfide) groups is 1.